The largest absolute Gasteiger partial charge is 0.508 e. The maximum Gasteiger partial charge on any atom is 0.338 e. The van der Waals surface area contributed by atoms with Crippen LogP contribution in [0.2, 0.25) is 0 Å². The van der Waals surface area contributed by atoms with Crippen LogP contribution in [0.25, 0.3) is 0 Å². The van der Waals surface area contributed by atoms with Crippen LogP contribution in [0.15, 0.2) is 42.5 Å². The average molecular weight is 440 g/mol. The van der Waals surface area contributed by atoms with E-state index in [9.17, 15) is 35.4 Å². The number of hydrogen-bond donors (Lipinski definition) is 6. The van der Waals surface area contributed by atoms with E-state index in [-0.39, 0.29) is 52.0 Å². The molecular weight excluding hydrogens is 420 g/mol. The van der Waals surface area contributed by atoms with Crippen LogP contribution in [0.4, 0.5) is 0 Å². The van der Waals surface area contributed by atoms with E-state index in [2.05, 4.69) is 0 Å². The van der Waals surface area contributed by atoms with Crippen LogP contribution in [-0.2, 0) is 11.2 Å². The average Bonchev–Trinajstić information content (AvgIpc) is 2.73. The molecule has 4 rings (SSSR count). The molecule has 166 valence electrons. The molecular formula is C23H20O9. The van der Waals surface area contributed by atoms with E-state index in [1.807, 2.05) is 0 Å². The first kappa shape index (κ1) is 21.0. The Morgan fingerprint density at radius 2 is 1.56 bits per heavy atom. The normalized spacial score (nSPS) is 17.3. The van der Waals surface area contributed by atoms with Gasteiger partial charge in [-0.15, -0.1) is 0 Å². The summed E-state index contributed by atoms with van der Waals surface area (Å²) < 4.78 is 11.5. The van der Waals surface area contributed by atoms with Crippen LogP contribution < -0.4 is 4.74 Å². The van der Waals surface area contributed by atoms with E-state index < -0.39 is 23.9 Å². The van der Waals surface area contributed by atoms with Crippen molar-refractivity contribution in [1.29, 1.82) is 0 Å². The second-order valence-corrected chi connectivity index (χ2v) is 7.52. The lowest BCUT2D eigenvalue weighted by Crippen LogP contribution is -2.34. The predicted octanol–water partition coefficient (Wildman–Crippen LogP) is 3.13. The van der Waals surface area contributed by atoms with Crippen molar-refractivity contribution in [2.45, 2.75) is 25.6 Å². The molecule has 9 heteroatoms. The lowest BCUT2D eigenvalue weighted by Gasteiger charge is -2.34. The van der Waals surface area contributed by atoms with Gasteiger partial charge in [-0.3, -0.25) is 0 Å². The molecule has 0 unspecified atom stereocenters. The summed E-state index contributed by atoms with van der Waals surface area (Å²) in [6.45, 7) is 1.48. The molecule has 32 heavy (non-hydrogen) atoms. The molecule has 0 spiro atoms. The number of esters is 1. The molecule has 0 saturated heterocycles. The molecule has 0 bridgehead atoms. The zero-order valence-electron chi connectivity index (χ0n) is 16.8. The minimum absolute atomic E-state index is 0.00329. The third-order valence-electron chi connectivity index (χ3n) is 5.34. The van der Waals surface area contributed by atoms with Gasteiger partial charge < -0.3 is 40.1 Å². The van der Waals surface area contributed by atoms with Gasteiger partial charge in [0.1, 0.15) is 34.9 Å². The van der Waals surface area contributed by atoms with E-state index in [1.165, 1.54) is 31.2 Å². The fourth-order valence-electron chi connectivity index (χ4n) is 3.56. The summed E-state index contributed by atoms with van der Waals surface area (Å²) in [5, 5.41) is 59.4. The van der Waals surface area contributed by atoms with E-state index >= 15 is 0 Å². The summed E-state index contributed by atoms with van der Waals surface area (Å²) in [6.07, 6.45) is -1.96. The Kier molecular flexibility index (Phi) is 5.09. The van der Waals surface area contributed by atoms with Gasteiger partial charge in [0, 0.05) is 35.2 Å². The number of aromatic hydroxyl groups is 6. The Balaban J connectivity index is 1.72. The molecule has 1 aliphatic heterocycles. The molecule has 1 heterocycles. The first-order valence-electron chi connectivity index (χ1n) is 9.61. The second-order valence-electron chi connectivity index (χ2n) is 7.52. The first-order chi connectivity index (χ1) is 15.1. The van der Waals surface area contributed by atoms with Crippen molar-refractivity contribution in [3.63, 3.8) is 0 Å². The van der Waals surface area contributed by atoms with Gasteiger partial charge >= 0.3 is 5.97 Å². The van der Waals surface area contributed by atoms with Crippen molar-refractivity contribution in [2.75, 3.05) is 0 Å². The number of phenols is 6. The Hall–Kier alpha value is -4.27. The molecule has 0 aliphatic carbocycles. The number of benzene rings is 3. The van der Waals surface area contributed by atoms with Gasteiger partial charge in [0.15, 0.2) is 17.6 Å². The summed E-state index contributed by atoms with van der Waals surface area (Å²) >= 11 is 0. The van der Waals surface area contributed by atoms with Gasteiger partial charge in [-0.1, -0.05) is 6.07 Å². The van der Waals surface area contributed by atoms with E-state index in [4.69, 9.17) is 9.47 Å². The van der Waals surface area contributed by atoms with Crippen molar-refractivity contribution in [1.82, 2.24) is 0 Å². The molecule has 9 nitrogen and oxygen atoms in total. The monoisotopic (exact) mass is 440 g/mol. The number of phenolic OH excluding ortho intramolecular Hbond substituents is 6. The highest BCUT2D eigenvalue weighted by Crippen LogP contribution is 2.44. The number of rotatable bonds is 3. The topological polar surface area (TPSA) is 157 Å². The zero-order valence-corrected chi connectivity index (χ0v) is 16.8. The van der Waals surface area contributed by atoms with Crippen LogP contribution in [0, 0.1) is 6.92 Å². The highest BCUT2D eigenvalue weighted by atomic mass is 16.6. The highest BCUT2D eigenvalue weighted by molar-refractivity contribution is 5.91. The van der Waals surface area contributed by atoms with Crippen LogP contribution >= 0.6 is 0 Å². The lowest BCUT2D eigenvalue weighted by atomic mass is 9.93. The quantitative estimate of drug-likeness (QED) is 0.266. The third-order valence-corrected chi connectivity index (χ3v) is 5.34. The number of carbonyl (C=O) groups excluding carboxylic acids is 1. The molecule has 3 aromatic carbocycles. The van der Waals surface area contributed by atoms with Crippen LogP contribution in [0.5, 0.6) is 40.2 Å². The lowest BCUT2D eigenvalue weighted by molar-refractivity contribution is -0.0189. The summed E-state index contributed by atoms with van der Waals surface area (Å²) in [5.41, 5.74) is 0.771. The second kappa shape index (κ2) is 7.77. The Morgan fingerprint density at radius 1 is 0.875 bits per heavy atom. The number of fused-ring (bicyclic) bond motifs is 1. The van der Waals surface area contributed by atoms with Crippen LogP contribution in [0.3, 0.4) is 0 Å². The summed E-state index contributed by atoms with van der Waals surface area (Å²) in [4.78, 5) is 12.8. The fraction of sp³-hybridized carbons (Fsp3) is 0.174. The summed E-state index contributed by atoms with van der Waals surface area (Å²) in [6, 6.07) is 8.71. The predicted molar refractivity (Wildman–Crippen MR) is 110 cm³/mol. The third kappa shape index (κ3) is 3.76. The van der Waals surface area contributed by atoms with Crippen molar-refractivity contribution < 1.29 is 44.9 Å². The molecule has 0 amide bonds. The van der Waals surface area contributed by atoms with Gasteiger partial charge in [-0.2, -0.15) is 0 Å². The van der Waals surface area contributed by atoms with Gasteiger partial charge in [0.05, 0.1) is 5.56 Å². The maximum atomic E-state index is 12.8. The molecule has 0 saturated carbocycles. The Morgan fingerprint density at radius 3 is 2.22 bits per heavy atom. The van der Waals surface area contributed by atoms with Crippen molar-refractivity contribution in [3.05, 3.63) is 64.7 Å². The first-order valence-corrected chi connectivity index (χ1v) is 9.61. The van der Waals surface area contributed by atoms with Gasteiger partial charge in [-0.25, -0.2) is 4.79 Å². The minimum Gasteiger partial charge on any atom is -0.508 e. The zero-order chi connectivity index (χ0) is 23.2. The number of ether oxygens (including phenoxy) is 2. The van der Waals surface area contributed by atoms with Crippen molar-refractivity contribution in [2.24, 2.45) is 0 Å². The molecule has 0 fully saturated rings. The smallest absolute Gasteiger partial charge is 0.338 e. The minimum atomic E-state index is -1.00. The van der Waals surface area contributed by atoms with E-state index in [1.54, 1.807) is 0 Å². The fourth-order valence-corrected chi connectivity index (χ4v) is 3.56. The van der Waals surface area contributed by atoms with Gasteiger partial charge in [-0.05, 0) is 31.2 Å². The van der Waals surface area contributed by atoms with Crippen molar-refractivity contribution >= 4 is 5.97 Å². The number of carbonyl (C=O) groups is 1. The highest BCUT2D eigenvalue weighted by Gasteiger charge is 2.37. The van der Waals surface area contributed by atoms with E-state index in [0.717, 1.165) is 18.2 Å². The van der Waals surface area contributed by atoms with Crippen LogP contribution in [-0.4, -0.2) is 42.7 Å². The van der Waals surface area contributed by atoms with Gasteiger partial charge in [0.2, 0.25) is 0 Å². The Labute approximate surface area is 182 Å². The standard InChI is InChI=1S/C23H20O9/c1-10-16(26)5-12(6-17(10)27)23(30)32-21-9-14-18(28)7-13(24)8-20(14)31-22(21)11-2-3-15(25)19(29)4-11/h2-8,21-22,24-29H,9H2,1H3/t21-,22-/m1/s1. The molecule has 1 aliphatic rings. The van der Waals surface area contributed by atoms with Gasteiger partial charge in [0.25, 0.3) is 0 Å². The molecule has 6 N–H and O–H groups in total. The number of hydrogen-bond acceptors (Lipinski definition) is 9. The Bertz CT molecular complexity index is 1200. The van der Waals surface area contributed by atoms with Crippen molar-refractivity contribution in [3.8, 4) is 40.2 Å². The van der Waals surface area contributed by atoms with E-state index in [0.29, 0.717) is 11.1 Å². The molecule has 0 aromatic heterocycles. The molecule has 0 radical (unpaired) electrons. The SMILES string of the molecule is Cc1c(O)cc(C(=O)O[C@@H]2Cc3c(O)cc(O)cc3O[C@@H]2c2ccc(O)c(O)c2)cc1O. The summed E-state index contributed by atoms with van der Waals surface area (Å²) in [5.74, 6) is -2.50. The van der Waals surface area contributed by atoms with Crippen LogP contribution in [0.1, 0.15) is 33.2 Å². The molecule has 3 aromatic rings. The molecule has 2 atom stereocenters. The maximum absolute atomic E-state index is 12.8. The summed E-state index contributed by atoms with van der Waals surface area (Å²) in [7, 11) is 0.